The van der Waals surface area contributed by atoms with Crippen LogP contribution in [0.5, 0.6) is 0 Å². The van der Waals surface area contributed by atoms with Crippen molar-refractivity contribution >= 4 is 29.0 Å². The van der Waals surface area contributed by atoms with E-state index in [9.17, 15) is 13.2 Å². The van der Waals surface area contributed by atoms with Crippen molar-refractivity contribution in [2.75, 3.05) is 11.6 Å². The molecule has 1 aliphatic heterocycles. The molecule has 0 saturated heterocycles. The quantitative estimate of drug-likeness (QED) is 0.669. The molecule has 0 bridgehead atoms. The Morgan fingerprint density at radius 2 is 1.88 bits per heavy atom. The molecular formula is C17H13F3N6. The Bertz CT molecular complexity index is 1020. The molecule has 9 heteroatoms. The van der Waals surface area contributed by atoms with Crippen LogP contribution in [0.15, 0.2) is 52.6 Å². The lowest BCUT2D eigenvalue weighted by Crippen LogP contribution is -2.39. The van der Waals surface area contributed by atoms with Gasteiger partial charge in [-0.2, -0.15) is 13.2 Å². The average Bonchev–Trinajstić information content (AvgIpc) is 2.97. The summed E-state index contributed by atoms with van der Waals surface area (Å²) in [5, 5.41) is 0. The van der Waals surface area contributed by atoms with E-state index in [1.807, 2.05) is 35.8 Å². The third-order valence-electron chi connectivity index (χ3n) is 4.00. The number of fused-ring (bicyclic) bond motifs is 1. The van der Waals surface area contributed by atoms with Crippen LogP contribution >= 0.6 is 0 Å². The van der Waals surface area contributed by atoms with Crippen LogP contribution in [0.3, 0.4) is 0 Å². The van der Waals surface area contributed by atoms with Crippen LogP contribution in [0.2, 0.25) is 0 Å². The highest BCUT2D eigenvalue weighted by Gasteiger charge is 2.32. The van der Waals surface area contributed by atoms with E-state index in [4.69, 9.17) is 0 Å². The lowest BCUT2D eigenvalue weighted by atomic mass is 10.3. The lowest BCUT2D eigenvalue weighted by molar-refractivity contribution is -0.141. The van der Waals surface area contributed by atoms with Crippen LogP contribution in [0, 0.1) is 6.92 Å². The van der Waals surface area contributed by atoms with Crippen LogP contribution in [-0.2, 0) is 6.18 Å². The largest absolute Gasteiger partial charge is 0.433 e. The molecule has 0 fully saturated rings. The minimum atomic E-state index is -4.48. The summed E-state index contributed by atoms with van der Waals surface area (Å²) in [7, 11) is 0. The number of rotatable bonds is 1. The number of aromatic nitrogens is 3. The highest BCUT2D eigenvalue weighted by Crippen LogP contribution is 2.29. The van der Waals surface area contributed by atoms with Crippen molar-refractivity contribution < 1.29 is 13.2 Å². The number of para-hydroxylation sites is 2. The summed E-state index contributed by atoms with van der Waals surface area (Å²) in [6, 6.07) is 9.89. The summed E-state index contributed by atoms with van der Waals surface area (Å²) in [6.07, 6.45) is -1.88. The van der Waals surface area contributed by atoms with Gasteiger partial charge in [0.1, 0.15) is 24.5 Å². The van der Waals surface area contributed by atoms with Gasteiger partial charge in [0.2, 0.25) is 5.96 Å². The number of hydrogen-bond donors (Lipinski definition) is 0. The van der Waals surface area contributed by atoms with Gasteiger partial charge in [-0.05, 0) is 31.2 Å². The van der Waals surface area contributed by atoms with Gasteiger partial charge in [0, 0.05) is 0 Å². The molecule has 1 aliphatic rings. The first-order valence-corrected chi connectivity index (χ1v) is 7.76. The molecule has 26 heavy (non-hydrogen) atoms. The topological polar surface area (TPSA) is 58.7 Å². The third-order valence-corrected chi connectivity index (χ3v) is 4.00. The van der Waals surface area contributed by atoms with Crippen LogP contribution in [0.25, 0.3) is 11.0 Å². The molecule has 3 heterocycles. The number of halogens is 3. The van der Waals surface area contributed by atoms with E-state index in [1.165, 1.54) is 18.6 Å². The molecule has 0 spiro atoms. The van der Waals surface area contributed by atoms with E-state index in [0.29, 0.717) is 17.5 Å². The zero-order chi connectivity index (χ0) is 18.3. The fourth-order valence-electron chi connectivity index (χ4n) is 2.83. The second-order valence-electron chi connectivity index (χ2n) is 5.68. The van der Waals surface area contributed by atoms with Gasteiger partial charge in [-0.15, -0.1) is 0 Å². The van der Waals surface area contributed by atoms with E-state index in [1.54, 1.807) is 4.90 Å². The summed E-state index contributed by atoms with van der Waals surface area (Å²) in [6.45, 7) is 2.06. The first kappa shape index (κ1) is 16.2. The van der Waals surface area contributed by atoms with Crippen LogP contribution < -0.4 is 4.90 Å². The predicted molar refractivity (Wildman–Crippen MR) is 92.4 cm³/mol. The van der Waals surface area contributed by atoms with Crippen LogP contribution in [0.4, 0.5) is 18.9 Å². The minimum Gasteiger partial charge on any atom is -0.290 e. The van der Waals surface area contributed by atoms with Crippen molar-refractivity contribution in [2.24, 2.45) is 9.98 Å². The lowest BCUT2D eigenvalue weighted by Gasteiger charge is -2.27. The fraction of sp³-hybridized carbons (Fsp3) is 0.176. The molecule has 0 saturated carbocycles. The molecule has 3 aromatic rings. The summed E-state index contributed by atoms with van der Waals surface area (Å²) < 4.78 is 40.1. The van der Waals surface area contributed by atoms with Gasteiger partial charge in [0.05, 0.1) is 22.9 Å². The Kier molecular flexibility index (Phi) is 3.71. The van der Waals surface area contributed by atoms with E-state index < -0.39 is 11.9 Å². The normalized spacial score (nSPS) is 14.8. The van der Waals surface area contributed by atoms with Crippen molar-refractivity contribution in [1.29, 1.82) is 0 Å². The van der Waals surface area contributed by atoms with Crippen LogP contribution in [0.1, 0.15) is 11.5 Å². The molecule has 0 radical (unpaired) electrons. The van der Waals surface area contributed by atoms with Gasteiger partial charge in [-0.3, -0.25) is 14.5 Å². The SMILES string of the molecule is Cc1nc2ccccc2n1C1=NC=NCN1c1ccc(C(F)(F)F)nc1. The Hall–Kier alpha value is -3.23. The van der Waals surface area contributed by atoms with E-state index >= 15 is 0 Å². The van der Waals surface area contributed by atoms with Crippen molar-refractivity contribution in [3.8, 4) is 0 Å². The van der Waals surface area contributed by atoms with Gasteiger partial charge >= 0.3 is 6.18 Å². The number of alkyl halides is 3. The molecule has 4 rings (SSSR count). The van der Waals surface area contributed by atoms with E-state index in [0.717, 1.165) is 17.1 Å². The number of pyridine rings is 1. The zero-order valence-electron chi connectivity index (χ0n) is 13.6. The summed E-state index contributed by atoms with van der Waals surface area (Å²) >= 11 is 0. The maximum Gasteiger partial charge on any atom is 0.433 e. The van der Waals surface area contributed by atoms with Crippen molar-refractivity contribution in [1.82, 2.24) is 14.5 Å². The first-order chi connectivity index (χ1) is 12.4. The molecule has 132 valence electrons. The monoisotopic (exact) mass is 358 g/mol. The molecule has 0 atom stereocenters. The smallest absolute Gasteiger partial charge is 0.290 e. The Balaban J connectivity index is 1.79. The molecule has 0 unspecified atom stereocenters. The first-order valence-electron chi connectivity index (χ1n) is 7.76. The van der Waals surface area contributed by atoms with Gasteiger partial charge in [-0.25, -0.2) is 15.0 Å². The maximum absolute atomic E-state index is 12.8. The number of benzene rings is 1. The second kappa shape index (κ2) is 5.94. The Labute approximate surface area is 146 Å². The number of imidazole rings is 1. The van der Waals surface area contributed by atoms with Gasteiger partial charge in [-0.1, -0.05) is 12.1 Å². The minimum absolute atomic E-state index is 0.220. The number of aryl methyl sites for hydroxylation is 1. The number of anilines is 1. The molecule has 0 aliphatic carbocycles. The van der Waals surface area contributed by atoms with Crippen LogP contribution in [-0.4, -0.2) is 33.5 Å². The molecular weight excluding hydrogens is 345 g/mol. The van der Waals surface area contributed by atoms with Gasteiger partial charge < -0.3 is 0 Å². The molecule has 0 amide bonds. The molecule has 0 N–H and O–H groups in total. The van der Waals surface area contributed by atoms with Gasteiger partial charge in [0.25, 0.3) is 0 Å². The standard InChI is InChI=1S/C17H13F3N6/c1-11-24-13-4-2-3-5-14(13)26(11)16-23-9-21-10-25(16)12-6-7-15(22-8-12)17(18,19)20/h2-9H,10H2,1H3. The predicted octanol–water partition coefficient (Wildman–Crippen LogP) is 3.47. The fourth-order valence-corrected chi connectivity index (χ4v) is 2.83. The zero-order valence-corrected chi connectivity index (χ0v) is 13.6. The molecule has 2 aromatic heterocycles. The van der Waals surface area contributed by atoms with Gasteiger partial charge in [0.15, 0.2) is 0 Å². The number of aliphatic imine (C=N–C) groups is 2. The average molecular weight is 358 g/mol. The summed E-state index contributed by atoms with van der Waals surface area (Å²) in [4.78, 5) is 18.2. The summed E-state index contributed by atoms with van der Waals surface area (Å²) in [5.41, 5.74) is 1.18. The molecule has 1 aromatic carbocycles. The third kappa shape index (κ3) is 2.71. The highest BCUT2D eigenvalue weighted by atomic mass is 19.4. The highest BCUT2D eigenvalue weighted by molar-refractivity contribution is 6.06. The van der Waals surface area contributed by atoms with Crippen molar-refractivity contribution in [3.05, 3.63) is 54.1 Å². The van der Waals surface area contributed by atoms with Crippen molar-refractivity contribution in [2.45, 2.75) is 13.1 Å². The maximum atomic E-state index is 12.8. The van der Waals surface area contributed by atoms with Crippen molar-refractivity contribution in [3.63, 3.8) is 0 Å². The van der Waals surface area contributed by atoms with E-state index in [-0.39, 0.29) is 6.67 Å². The number of hydrogen-bond acceptors (Lipinski definition) is 5. The molecule has 6 nitrogen and oxygen atoms in total. The Morgan fingerprint density at radius 1 is 1.08 bits per heavy atom. The second-order valence-corrected chi connectivity index (χ2v) is 5.68. The van der Waals surface area contributed by atoms with E-state index in [2.05, 4.69) is 20.0 Å². The summed E-state index contributed by atoms with van der Waals surface area (Å²) in [5.74, 6) is 1.22. The Morgan fingerprint density at radius 3 is 2.62 bits per heavy atom. The number of nitrogens with zero attached hydrogens (tertiary/aromatic N) is 6.